The number of esters is 1. The molecule has 5 nitrogen and oxygen atoms in total. The Bertz CT molecular complexity index is 451. The summed E-state index contributed by atoms with van der Waals surface area (Å²) in [7, 11) is 1.40. The van der Waals surface area contributed by atoms with E-state index in [4.69, 9.17) is 25.8 Å². The zero-order chi connectivity index (χ0) is 15.1. The number of hydrogen-bond donors (Lipinski definition) is 0. The van der Waals surface area contributed by atoms with Gasteiger partial charge in [-0.3, -0.25) is 9.69 Å². The highest BCUT2D eigenvalue weighted by Crippen LogP contribution is 2.16. The van der Waals surface area contributed by atoms with Gasteiger partial charge in [0.05, 0.1) is 26.9 Å². The molecule has 0 bridgehead atoms. The molecule has 0 spiro atoms. The molecule has 1 unspecified atom stereocenters. The second kappa shape index (κ2) is 8.22. The number of carbonyl (C=O) groups excluding carboxylic acids is 1. The van der Waals surface area contributed by atoms with Crippen LogP contribution in [0, 0.1) is 0 Å². The van der Waals surface area contributed by atoms with Crippen molar-refractivity contribution >= 4 is 17.6 Å². The number of morpholine rings is 1. The van der Waals surface area contributed by atoms with Gasteiger partial charge in [0.25, 0.3) is 0 Å². The monoisotopic (exact) mass is 313 g/mol. The third kappa shape index (κ3) is 4.88. The maximum atomic E-state index is 11.7. The van der Waals surface area contributed by atoms with Gasteiger partial charge in [0.2, 0.25) is 0 Å². The van der Waals surface area contributed by atoms with Crippen molar-refractivity contribution in [3.05, 3.63) is 29.3 Å². The topological polar surface area (TPSA) is 48.0 Å². The maximum absolute atomic E-state index is 11.7. The minimum atomic E-state index is -0.306. The van der Waals surface area contributed by atoms with Gasteiger partial charge in [-0.25, -0.2) is 0 Å². The molecule has 0 aliphatic carbocycles. The SMILES string of the molecule is COC(=O)C1COCCN1CCCOc1ccc(Cl)cc1. The first-order valence-corrected chi connectivity index (χ1v) is 7.36. The molecule has 21 heavy (non-hydrogen) atoms. The Morgan fingerprint density at radius 2 is 2.19 bits per heavy atom. The highest BCUT2D eigenvalue weighted by atomic mass is 35.5. The molecule has 0 amide bonds. The summed E-state index contributed by atoms with van der Waals surface area (Å²) in [6.07, 6.45) is 0.829. The van der Waals surface area contributed by atoms with Gasteiger partial charge in [-0.15, -0.1) is 0 Å². The molecule has 0 saturated carbocycles. The lowest BCUT2D eigenvalue weighted by Gasteiger charge is -2.33. The Morgan fingerprint density at radius 1 is 1.43 bits per heavy atom. The lowest BCUT2D eigenvalue weighted by atomic mass is 10.2. The number of carbonyl (C=O) groups is 1. The molecule has 0 N–H and O–H groups in total. The molecule has 1 atom stereocenters. The number of ether oxygens (including phenoxy) is 3. The first kappa shape index (κ1) is 16.1. The molecule has 1 aromatic carbocycles. The van der Waals surface area contributed by atoms with Crippen LogP contribution in [0.25, 0.3) is 0 Å². The van der Waals surface area contributed by atoms with Crippen LogP contribution >= 0.6 is 11.6 Å². The van der Waals surface area contributed by atoms with Crippen molar-refractivity contribution in [3.63, 3.8) is 0 Å². The normalized spacial score (nSPS) is 19.2. The highest BCUT2D eigenvalue weighted by Gasteiger charge is 2.29. The minimum Gasteiger partial charge on any atom is -0.494 e. The second-order valence-electron chi connectivity index (χ2n) is 4.81. The van der Waals surface area contributed by atoms with E-state index in [-0.39, 0.29) is 12.0 Å². The summed E-state index contributed by atoms with van der Waals surface area (Å²) in [6, 6.07) is 6.97. The van der Waals surface area contributed by atoms with Gasteiger partial charge < -0.3 is 14.2 Å². The zero-order valence-corrected chi connectivity index (χ0v) is 12.8. The summed E-state index contributed by atoms with van der Waals surface area (Å²) >= 11 is 5.82. The summed E-state index contributed by atoms with van der Waals surface area (Å²) in [5.41, 5.74) is 0. The van der Waals surface area contributed by atoms with Gasteiger partial charge >= 0.3 is 5.97 Å². The number of nitrogens with zero attached hydrogens (tertiary/aromatic N) is 1. The van der Waals surface area contributed by atoms with Crippen molar-refractivity contribution in [2.24, 2.45) is 0 Å². The van der Waals surface area contributed by atoms with Crippen LogP contribution in [0.5, 0.6) is 5.75 Å². The minimum absolute atomic E-state index is 0.242. The van der Waals surface area contributed by atoms with E-state index in [0.29, 0.717) is 24.8 Å². The average Bonchev–Trinajstić information content (AvgIpc) is 2.53. The van der Waals surface area contributed by atoms with E-state index in [0.717, 1.165) is 25.3 Å². The predicted molar refractivity (Wildman–Crippen MR) is 79.8 cm³/mol. The molecular weight excluding hydrogens is 294 g/mol. The molecular formula is C15H20ClNO4. The van der Waals surface area contributed by atoms with Crippen LogP contribution in [-0.2, 0) is 14.3 Å². The average molecular weight is 314 g/mol. The third-order valence-corrected chi connectivity index (χ3v) is 3.64. The van der Waals surface area contributed by atoms with E-state index in [1.807, 2.05) is 12.1 Å². The van der Waals surface area contributed by atoms with Crippen molar-refractivity contribution in [1.29, 1.82) is 0 Å². The quantitative estimate of drug-likeness (QED) is 0.594. The third-order valence-electron chi connectivity index (χ3n) is 3.38. The van der Waals surface area contributed by atoms with Crippen LogP contribution in [0.3, 0.4) is 0 Å². The fourth-order valence-electron chi connectivity index (χ4n) is 2.25. The summed E-state index contributed by atoms with van der Waals surface area (Å²) in [6.45, 7) is 3.14. The highest BCUT2D eigenvalue weighted by molar-refractivity contribution is 6.30. The van der Waals surface area contributed by atoms with Gasteiger partial charge in [0.15, 0.2) is 0 Å². The van der Waals surface area contributed by atoms with Gasteiger partial charge in [0, 0.05) is 18.1 Å². The van der Waals surface area contributed by atoms with E-state index in [9.17, 15) is 4.79 Å². The summed E-state index contributed by atoms with van der Waals surface area (Å²) in [5.74, 6) is 0.555. The maximum Gasteiger partial charge on any atom is 0.325 e. The molecule has 6 heteroatoms. The molecule has 1 aliphatic rings. The fourth-order valence-corrected chi connectivity index (χ4v) is 2.37. The second-order valence-corrected chi connectivity index (χ2v) is 5.24. The molecule has 0 radical (unpaired) electrons. The Kier molecular flexibility index (Phi) is 6.29. The van der Waals surface area contributed by atoms with E-state index in [1.54, 1.807) is 12.1 Å². The first-order valence-electron chi connectivity index (χ1n) is 6.98. The molecule has 1 fully saturated rings. The van der Waals surface area contributed by atoms with Crippen LogP contribution in [0.2, 0.25) is 5.02 Å². The van der Waals surface area contributed by atoms with Crippen LogP contribution in [0.15, 0.2) is 24.3 Å². The fraction of sp³-hybridized carbons (Fsp3) is 0.533. The number of hydrogen-bond acceptors (Lipinski definition) is 5. The lowest BCUT2D eigenvalue weighted by Crippen LogP contribution is -2.50. The van der Waals surface area contributed by atoms with Crippen molar-refractivity contribution in [2.75, 3.05) is 40.0 Å². The van der Waals surface area contributed by atoms with E-state index in [1.165, 1.54) is 7.11 Å². The smallest absolute Gasteiger partial charge is 0.325 e. The van der Waals surface area contributed by atoms with Crippen LogP contribution < -0.4 is 4.74 Å². The Labute approximate surface area is 129 Å². The van der Waals surface area contributed by atoms with Crippen molar-refractivity contribution < 1.29 is 19.0 Å². The van der Waals surface area contributed by atoms with Gasteiger partial charge in [-0.05, 0) is 30.7 Å². The molecule has 116 valence electrons. The number of rotatable bonds is 6. The van der Waals surface area contributed by atoms with Crippen molar-refractivity contribution in [2.45, 2.75) is 12.5 Å². The van der Waals surface area contributed by atoms with Crippen molar-refractivity contribution in [3.8, 4) is 5.75 Å². The Morgan fingerprint density at radius 3 is 2.90 bits per heavy atom. The largest absolute Gasteiger partial charge is 0.494 e. The summed E-state index contributed by atoms with van der Waals surface area (Å²) in [5, 5.41) is 0.691. The van der Waals surface area contributed by atoms with E-state index < -0.39 is 0 Å². The molecule has 0 aromatic heterocycles. The molecule has 2 rings (SSSR count). The summed E-state index contributed by atoms with van der Waals surface area (Å²) < 4.78 is 15.8. The van der Waals surface area contributed by atoms with Gasteiger partial charge in [-0.1, -0.05) is 11.6 Å². The van der Waals surface area contributed by atoms with E-state index in [2.05, 4.69) is 4.90 Å². The van der Waals surface area contributed by atoms with E-state index >= 15 is 0 Å². The molecule has 1 aliphatic heterocycles. The Hall–Kier alpha value is -1.30. The number of halogens is 1. The van der Waals surface area contributed by atoms with Crippen LogP contribution in [-0.4, -0.2) is 56.9 Å². The molecule has 1 saturated heterocycles. The van der Waals surface area contributed by atoms with Crippen LogP contribution in [0.4, 0.5) is 0 Å². The molecule has 1 aromatic rings. The zero-order valence-electron chi connectivity index (χ0n) is 12.1. The summed E-state index contributed by atoms with van der Waals surface area (Å²) in [4.78, 5) is 13.8. The van der Waals surface area contributed by atoms with Crippen molar-refractivity contribution in [1.82, 2.24) is 4.90 Å². The number of benzene rings is 1. The standard InChI is InChI=1S/C15H20ClNO4/c1-19-15(18)14-11-20-10-8-17(14)7-2-9-21-13-5-3-12(16)4-6-13/h3-6,14H,2,7-11H2,1H3. The van der Waals surface area contributed by atoms with Gasteiger partial charge in [0.1, 0.15) is 11.8 Å². The number of methoxy groups -OCH3 is 1. The molecule has 1 heterocycles. The van der Waals surface area contributed by atoms with Gasteiger partial charge in [-0.2, -0.15) is 0 Å². The van der Waals surface area contributed by atoms with Crippen LogP contribution in [0.1, 0.15) is 6.42 Å². The Balaban J connectivity index is 1.73. The predicted octanol–water partition coefficient (Wildman–Crippen LogP) is 1.98. The first-order chi connectivity index (χ1) is 10.2. The lowest BCUT2D eigenvalue weighted by molar-refractivity contribution is -0.153.